The molecule has 0 amide bonds. The summed E-state index contributed by atoms with van der Waals surface area (Å²) >= 11 is 0. The third-order valence-electron chi connectivity index (χ3n) is 3.44. The van der Waals surface area contributed by atoms with Crippen LogP contribution in [0, 0.1) is 5.82 Å². The molecule has 0 aliphatic carbocycles. The topological polar surface area (TPSA) is 24.9 Å². The predicted molar refractivity (Wildman–Crippen MR) is 79.0 cm³/mol. The normalized spacial score (nSPS) is 12.5. The van der Waals surface area contributed by atoms with Crippen LogP contribution in [0.3, 0.4) is 0 Å². The zero-order valence-electron chi connectivity index (χ0n) is 11.2. The van der Waals surface area contributed by atoms with Crippen molar-refractivity contribution < 1.29 is 4.39 Å². The molecule has 0 aliphatic heterocycles. The van der Waals surface area contributed by atoms with Gasteiger partial charge in [0.05, 0.1) is 11.6 Å². The van der Waals surface area contributed by atoms with Gasteiger partial charge in [-0.2, -0.15) is 0 Å². The second-order valence-electron chi connectivity index (χ2n) is 4.73. The summed E-state index contributed by atoms with van der Waals surface area (Å²) in [4.78, 5) is 4.48. The fourth-order valence-corrected chi connectivity index (χ4v) is 2.43. The fourth-order valence-electron chi connectivity index (χ4n) is 2.43. The number of nitrogens with zero attached hydrogens (tertiary/aromatic N) is 1. The summed E-state index contributed by atoms with van der Waals surface area (Å²) in [5, 5.41) is 4.36. The molecule has 3 heteroatoms. The van der Waals surface area contributed by atoms with Gasteiger partial charge in [0.2, 0.25) is 0 Å². The predicted octanol–water partition coefficient (Wildman–Crippen LogP) is 3.68. The monoisotopic (exact) mass is 266 g/mol. The summed E-state index contributed by atoms with van der Waals surface area (Å²) in [5.74, 6) is -0.222. The Morgan fingerprint density at radius 2 is 1.75 bits per heavy atom. The number of para-hydroxylation sites is 1. The first-order chi connectivity index (χ1) is 9.78. The molecule has 0 radical (unpaired) electrons. The Morgan fingerprint density at radius 3 is 2.50 bits per heavy atom. The van der Waals surface area contributed by atoms with Gasteiger partial charge in [0.25, 0.3) is 0 Å². The molecule has 0 bridgehead atoms. The lowest BCUT2D eigenvalue weighted by atomic mass is 9.99. The SMILES string of the molecule is CNC(c1ccc(F)cc1)c1cnc2ccccc2c1. The Labute approximate surface area is 117 Å². The quantitative estimate of drug-likeness (QED) is 0.782. The van der Waals surface area contributed by atoms with E-state index in [1.54, 1.807) is 12.1 Å². The van der Waals surface area contributed by atoms with Crippen LogP contribution in [0.2, 0.25) is 0 Å². The van der Waals surface area contributed by atoms with E-state index in [4.69, 9.17) is 0 Å². The maximum atomic E-state index is 13.0. The molecule has 1 unspecified atom stereocenters. The summed E-state index contributed by atoms with van der Waals surface area (Å²) < 4.78 is 13.0. The number of fused-ring (bicyclic) bond motifs is 1. The van der Waals surface area contributed by atoms with E-state index in [1.165, 1.54) is 12.1 Å². The lowest BCUT2D eigenvalue weighted by molar-refractivity contribution is 0.623. The number of halogens is 1. The van der Waals surface area contributed by atoms with Crippen molar-refractivity contribution in [2.45, 2.75) is 6.04 Å². The summed E-state index contributed by atoms with van der Waals surface area (Å²) in [6.45, 7) is 0. The standard InChI is InChI=1S/C17H15FN2/c1-19-17(12-6-8-15(18)9-7-12)14-10-13-4-2-3-5-16(13)20-11-14/h2-11,17,19H,1H3. The van der Waals surface area contributed by atoms with Gasteiger partial charge in [-0.15, -0.1) is 0 Å². The number of rotatable bonds is 3. The Hall–Kier alpha value is -2.26. The molecule has 0 saturated carbocycles. The summed E-state index contributed by atoms with van der Waals surface area (Å²) in [6.07, 6.45) is 1.87. The lowest BCUT2D eigenvalue weighted by Crippen LogP contribution is -2.17. The average Bonchev–Trinajstić information content (AvgIpc) is 2.50. The van der Waals surface area contributed by atoms with E-state index in [0.29, 0.717) is 0 Å². The molecule has 1 aromatic heterocycles. The Kier molecular flexibility index (Phi) is 3.44. The van der Waals surface area contributed by atoms with Gasteiger partial charge in [-0.25, -0.2) is 4.39 Å². The maximum absolute atomic E-state index is 13.0. The first kappa shape index (κ1) is 12.8. The highest BCUT2D eigenvalue weighted by molar-refractivity contribution is 5.78. The second-order valence-corrected chi connectivity index (χ2v) is 4.73. The van der Waals surface area contributed by atoms with Crippen molar-refractivity contribution in [2.24, 2.45) is 0 Å². The minimum Gasteiger partial charge on any atom is -0.309 e. The zero-order valence-corrected chi connectivity index (χ0v) is 11.2. The molecule has 1 atom stereocenters. The van der Waals surface area contributed by atoms with Crippen LogP contribution in [0.15, 0.2) is 60.8 Å². The molecule has 3 aromatic rings. The number of hydrogen-bond donors (Lipinski definition) is 1. The van der Waals surface area contributed by atoms with Gasteiger partial charge in [-0.3, -0.25) is 4.98 Å². The summed E-state index contributed by atoms with van der Waals surface area (Å²) in [5.41, 5.74) is 3.06. The minimum absolute atomic E-state index is 0.00714. The van der Waals surface area contributed by atoms with Crippen LogP contribution in [0.25, 0.3) is 10.9 Å². The molecule has 0 fully saturated rings. The first-order valence-electron chi connectivity index (χ1n) is 6.55. The van der Waals surface area contributed by atoms with Gasteiger partial charge in [-0.05, 0) is 42.4 Å². The maximum Gasteiger partial charge on any atom is 0.123 e. The van der Waals surface area contributed by atoms with Gasteiger partial charge in [-0.1, -0.05) is 30.3 Å². The number of benzene rings is 2. The van der Waals surface area contributed by atoms with Crippen molar-refractivity contribution >= 4 is 10.9 Å². The largest absolute Gasteiger partial charge is 0.309 e. The van der Waals surface area contributed by atoms with Crippen molar-refractivity contribution in [2.75, 3.05) is 7.05 Å². The Morgan fingerprint density at radius 1 is 1.00 bits per heavy atom. The Balaban J connectivity index is 2.04. The summed E-state index contributed by atoms with van der Waals surface area (Å²) in [6, 6.07) is 16.7. The molecule has 20 heavy (non-hydrogen) atoms. The molecular formula is C17H15FN2. The van der Waals surface area contributed by atoms with Crippen molar-refractivity contribution in [3.8, 4) is 0 Å². The fraction of sp³-hybridized carbons (Fsp3) is 0.118. The third kappa shape index (κ3) is 2.40. The van der Waals surface area contributed by atoms with Crippen LogP contribution in [-0.2, 0) is 0 Å². The molecule has 1 N–H and O–H groups in total. The van der Waals surface area contributed by atoms with E-state index >= 15 is 0 Å². The van der Waals surface area contributed by atoms with E-state index < -0.39 is 0 Å². The van der Waals surface area contributed by atoms with Crippen LogP contribution in [0.4, 0.5) is 4.39 Å². The van der Waals surface area contributed by atoms with E-state index in [0.717, 1.165) is 22.0 Å². The van der Waals surface area contributed by atoms with Crippen LogP contribution in [0.5, 0.6) is 0 Å². The number of nitrogens with one attached hydrogen (secondary N) is 1. The summed E-state index contributed by atoms with van der Waals surface area (Å²) in [7, 11) is 1.89. The van der Waals surface area contributed by atoms with E-state index in [-0.39, 0.29) is 11.9 Å². The highest BCUT2D eigenvalue weighted by Gasteiger charge is 2.12. The van der Waals surface area contributed by atoms with Gasteiger partial charge in [0.15, 0.2) is 0 Å². The molecule has 0 aliphatic rings. The molecule has 3 rings (SSSR count). The second kappa shape index (κ2) is 5.39. The zero-order chi connectivity index (χ0) is 13.9. The van der Waals surface area contributed by atoms with Gasteiger partial charge >= 0.3 is 0 Å². The van der Waals surface area contributed by atoms with E-state index in [1.807, 2.05) is 37.5 Å². The van der Waals surface area contributed by atoms with Crippen molar-refractivity contribution in [1.29, 1.82) is 0 Å². The van der Waals surface area contributed by atoms with Crippen molar-refractivity contribution in [1.82, 2.24) is 10.3 Å². The molecule has 0 spiro atoms. The van der Waals surface area contributed by atoms with Crippen molar-refractivity contribution in [3.63, 3.8) is 0 Å². The highest BCUT2D eigenvalue weighted by atomic mass is 19.1. The number of hydrogen-bond acceptors (Lipinski definition) is 2. The molecule has 100 valence electrons. The minimum atomic E-state index is -0.222. The van der Waals surface area contributed by atoms with E-state index in [9.17, 15) is 4.39 Å². The average molecular weight is 266 g/mol. The van der Waals surface area contributed by atoms with Gasteiger partial charge in [0, 0.05) is 11.6 Å². The van der Waals surface area contributed by atoms with Gasteiger partial charge < -0.3 is 5.32 Å². The van der Waals surface area contributed by atoms with Crippen LogP contribution < -0.4 is 5.32 Å². The van der Waals surface area contributed by atoms with Crippen LogP contribution in [0.1, 0.15) is 17.2 Å². The first-order valence-corrected chi connectivity index (χ1v) is 6.55. The molecular weight excluding hydrogens is 251 g/mol. The smallest absolute Gasteiger partial charge is 0.123 e. The van der Waals surface area contributed by atoms with Crippen LogP contribution in [-0.4, -0.2) is 12.0 Å². The molecule has 2 nitrogen and oxygen atoms in total. The Bertz CT molecular complexity index is 722. The molecule has 0 saturated heterocycles. The highest BCUT2D eigenvalue weighted by Crippen LogP contribution is 2.24. The third-order valence-corrected chi connectivity index (χ3v) is 3.44. The number of aromatic nitrogens is 1. The lowest BCUT2D eigenvalue weighted by Gasteiger charge is -2.17. The number of pyridine rings is 1. The van der Waals surface area contributed by atoms with Crippen LogP contribution >= 0.6 is 0 Å². The van der Waals surface area contributed by atoms with Crippen molar-refractivity contribution in [3.05, 3.63) is 77.7 Å². The molecule has 1 heterocycles. The van der Waals surface area contributed by atoms with E-state index in [2.05, 4.69) is 16.4 Å². The molecule has 2 aromatic carbocycles. The van der Waals surface area contributed by atoms with Gasteiger partial charge in [0.1, 0.15) is 5.82 Å².